The van der Waals surface area contributed by atoms with Crippen LogP contribution in [0.25, 0.3) is 0 Å². The van der Waals surface area contributed by atoms with Gasteiger partial charge in [0.1, 0.15) is 17.3 Å². The van der Waals surface area contributed by atoms with Gasteiger partial charge in [-0.1, -0.05) is 0 Å². The summed E-state index contributed by atoms with van der Waals surface area (Å²) >= 11 is 1.37. The fourth-order valence-electron chi connectivity index (χ4n) is 4.00. The lowest BCUT2D eigenvalue weighted by molar-refractivity contribution is 0.0546. The van der Waals surface area contributed by atoms with Crippen molar-refractivity contribution < 1.29 is 14.3 Å². The van der Waals surface area contributed by atoms with Crippen molar-refractivity contribution in [3.8, 4) is 6.07 Å². The predicted octanol–water partition coefficient (Wildman–Crippen LogP) is 3.20. The van der Waals surface area contributed by atoms with E-state index in [1.807, 2.05) is 26.8 Å². The average Bonchev–Trinajstić information content (AvgIpc) is 3.31. The molecule has 1 aliphatic rings. The number of rotatable bonds is 13. The molecule has 1 fully saturated rings. The second kappa shape index (κ2) is 14.0. The summed E-state index contributed by atoms with van der Waals surface area (Å²) in [6.45, 7) is 11.2. The Bertz CT molecular complexity index is 976. The second-order valence-corrected chi connectivity index (χ2v) is 9.14. The molecule has 10 nitrogen and oxygen atoms in total. The summed E-state index contributed by atoms with van der Waals surface area (Å²) in [6, 6.07) is 4.19. The van der Waals surface area contributed by atoms with E-state index in [2.05, 4.69) is 31.2 Å². The molecule has 2 aromatic rings. The molecule has 1 saturated heterocycles. The number of nitrogens with zero attached hydrogens (tertiary/aromatic N) is 6. The van der Waals surface area contributed by atoms with Gasteiger partial charge in [0.2, 0.25) is 0 Å². The number of nitriles is 1. The van der Waals surface area contributed by atoms with Crippen LogP contribution in [0.2, 0.25) is 0 Å². The molecule has 0 atom stereocenters. The van der Waals surface area contributed by atoms with E-state index in [9.17, 15) is 4.79 Å². The predicted molar refractivity (Wildman–Crippen MR) is 135 cm³/mol. The van der Waals surface area contributed by atoms with E-state index in [0.29, 0.717) is 74.4 Å². The highest BCUT2D eigenvalue weighted by molar-refractivity contribution is 7.14. The second-order valence-electron chi connectivity index (χ2n) is 8.28. The minimum atomic E-state index is -0.141. The van der Waals surface area contributed by atoms with E-state index in [4.69, 9.17) is 14.7 Å². The molecular weight excluding hydrogens is 466 g/mol. The van der Waals surface area contributed by atoms with Gasteiger partial charge in [0, 0.05) is 49.4 Å². The molecular formula is C24H35N7O3S. The maximum absolute atomic E-state index is 13.1. The number of piperidine rings is 1. The van der Waals surface area contributed by atoms with Gasteiger partial charge in [0.15, 0.2) is 5.13 Å². The summed E-state index contributed by atoms with van der Waals surface area (Å²) in [5.74, 6) is 1.56. The maximum Gasteiger partial charge on any atom is 0.273 e. The average molecular weight is 502 g/mol. The van der Waals surface area contributed by atoms with Crippen LogP contribution in [0.5, 0.6) is 0 Å². The number of carbonyl (C=O) groups is 1. The Morgan fingerprint density at radius 2 is 1.89 bits per heavy atom. The Hall–Kier alpha value is -2.65. The molecule has 11 heteroatoms. The van der Waals surface area contributed by atoms with E-state index in [-0.39, 0.29) is 5.91 Å². The number of hydrogen-bond donors (Lipinski definition) is 1. The Labute approximate surface area is 211 Å². The highest BCUT2D eigenvalue weighted by Gasteiger charge is 2.23. The molecule has 1 N–H and O–H groups in total. The van der Waals surface area contributed by atoms with E-state index in [1.54, 1.807) is 10.3 Å². The van der Waals surface area contributed by atoms with E-state index in [1.165, 1.54) is 11.3 Å². The van der Waals surface area contributed by atoms with Gasteiger partial charge < -0.3 is 19.7 Å². The van der Waals surface area contributed by atoms with Crippen molar-refractivity contribution in [1.29, 1.82) is 5.26 Å². The first-order chi connectivity index (χ1) is 17.0. The number of thiazole rings is 1. The van der Waals surface area contributed by atoms with Gasteiger partial charge in [-0.15, -0.1) is 11.3 Å². The SMILES string of the molecule is CCOCCN(CCOCC)C(=O)c1csc(Nc2cc(C3CCN(CC#N)CC3)nc(C)n2)n1. The molecule has 3 rings (SSSR count). The van der Waals surface area contributed by atoms with Crippen molar-refractivity contribution in [2.45, 2.75) is 39.5 Å². The zero-order valence-electron chi connectivity index (χ0n) is 20.8. The number of ether oxygens (including phenoxy) is 2. The third-order valence-corrected chi connectivity index (χ3v) is 6.58. The number of hydrogen-bond acceptors (Lipinski definition) is 10. The van der Waals surface area contributed by atoms with E-state index in [0.717, 1.165) is 31.6 Å². The first-order valence-corrected chi connectivity index (χ1v) is 13.0. The van der Waals surface area contributed by atoms with Crippen LogP contribution in [0.1, 0.15) is 54.6 Å². The zero-order chi connectivity index (χ0) is 25.0. The van der Waals surface area contributed by atoms with Gasteiger partial charge >= 0.3 is 0 Å². The number of nitrogens with one attached hydrogen (secondary N) is 1. The van der Waals surface area contributed by atoms with Crippen molar-refractivity contribution in [3.63, 3.8) is 0 Å². The summed E-state index contributed by atoms with van der Waals surface area (Å²) in [5.41, 5.74) is 1.39. The smallest absolute Gasteiger partial charge is 0.273 e. The van der Waals surface area contributed by atoms with Crippen LogP contribution >= 0.6 is 11.3 Å². The Balaban J connectivity index is 1.65. The van der Waals surface area contributed by atoms with Gasteiger partial charge in [-0.2, -0.15) is 5.26 Å². The zero-order valence-corrected chi connectivity index (χ0v) is 21.6. The summed E-state index contributed by atoms with van der Waals surface area (Å²) in [6.07, 6.45) is 1.93. The number of carbonyl (C=O) groups excluding carboxylic acids is 1. The standard InChI is InChI=1S/C24H35N7O3S/c1-4-33-14-12-31(13-15-34-5-2)23(32)21-17-35-24(28-21)29-22-16-20(26-18(3)27-22)19-6-9-30(10-7-19)11-8-25/h16-17,19H,4-7,9-15H2,1-3H3,(H,26,27,28,29). The lowest BCUT2D eigenvalue weighted by atomic mass is 9.93. The molecule has 0 spiro atoms. The van der Waals surface area contributed by atoms with Crippen LogP contribution in [0.3, 0.4) is 0 Å². The van der Waals surface area contributed by atoms with Gasteiger partial charge in [-0.3, -0.25) is 9.69 Å². The first kappa shape index (κ1) is 26.9. The third kappa shape index (κ3) is 8.21. The summed E-state index contributed by atoms with van der Waals surface area (Å²) in [7, 11) is 0. The molecule has 0 saturated carbocycles. The topological polar surface area (TPSA) is 117 Å². The Kier molecular flexibility index (Phi) is 10.8. The minimum Gasteiger partial charge on any atom is -0.380 e. The minimum absolute atomic E-state index is 0.141. The molecule has 2 aromatic heterocycles. The third-order valence-electron chi connectivity index (χ3n) is 5.82. The van der Waals surface area contributed by atoms with Crippen molar-refractivity contribution in [3.05, 3.63) is 28.7 Å². The summed E-state index contributed by atoms with van der Waals surface area (Å²) in [4.78, 5) is 30.7. The summed E-state index contributed by atoms with van der Waals surface area (Å²) < 4.78 is 10.9. The quantitative estimate of drug-likeness (QED) is 0.326. The molecule has 1 amide bonds. The maximum atomic E-state index is 13.1. The van der Waals surface area contributed by atoms with Crippen molar-refractivity contribution in [2.24, 2.45) is 0 Å². The van der Waals surface area contributed by atoms with Crippen LogP contribution in [-0.4, -0.2) is 89.8 Å². The fourth-order valence-corrected chi connectivity index (χ4v) is 4.70. The van der Waals surface area contributed by atoms with Gasteiger partial charge in [-0.25, -0.2) is 15.0 Å². The summed E-state index contributed by atoms with van der Waals surface area (Å²) in [5, 5.41) is 14.5. The molecule has 190 valence electrons. The Morgan fingerprint density at radius 3 is 2.51 bits per heavy atom. The number of aromatic nitrogens is 3. The number of likely N-dealkylation sites (tertiary alicyclic amines) is 1. The highest BCUT2D eigenvalue weighted by atomic mass is 32.1. The van der Waals surface area contributed by atoms with Crippen LogP contribution in [0, 0.1) is 18.3 Å². The monoisotopic (exact) mass is 501 g/mol. The molecule has 0 aromatic carbocycles. The largest absolute Gasteiger partial charge is 0.380 e. The van der Waals surface area contributed by atoms with Gasteiger partial charge in [-0.05, 0) is 46.7 Å². The molecule has 3 heterocycles. The fraction of sp³-hybridized carbons (Fsp3) is 0.625. The lowest BCUT2D eigenvalue weighted by Crippen LogP contribution is -2.37. The van der Waals surface area contributed by atoms with Gasteiger partial charge in [0.25, 0.3) is 5.91 Å². The Morgan fingerprint density at radius 1 is 1.20 bits per heavy atom. The van der Waals surface area contributed by atoms with Gasteiger partial charge in [0.05, 0.1) is 25.8 Å². The van der Waals surface area contributed by atoms with Crippen LogP contribution in [0.4, 0.5) is 10.9 Å². The van der Waals surface area contributed by atoms with Crippen LogP contribution < -0.4 is 5.32 Å². The van der Waals surface area contributed by atoms with E-state index < -0.39 is 0 Å². The molecule has 0 radical (unpaired) electrons. The normalized spacial score (nSPS) is 14.6. The molecule has 0 aliphatic carbocycles. The lowest BCUT2D eigenvalue weighted by Gasteiger charge is -2.30. The van der Waals surface area contributed by atoms with Crippen molar-refractivity contribution in [1.82, 2.24) is 24.8 Å². The van der Waals surface area contributed by atoms with E-state index >= 15 is 0 Å². The van der Waals surface area contributed by atoms with Crippen LogP contribution in [0.15, 0.2) is 11.4 Å². The van der Waals surface area contributed by atoms with Crippen molar-refractivity contribution >= 4 is 28.2 Å². The molecule has 35 heavy (non-hydrogen) atoms. The number of amides is 1. The first-order valence-electron chi connectivity index (χ1n) is 12.2. The molecule has 1 aliphatic heterocycles. The molecule has 0 unspecified atom stereocenters. The number of anilines is 2. The highest BCUT2D eigenvalue weighted by Crippen LogP contribution is 2.29. The number of aryl methyl sites for hydroxylation is 1. The molecule has 0 bridgehead atoms. The van der Waals surface area contributed by atoms with Crippen LogP contribution in [-0.2, 0) is 9.47 Å². The van der Waals surface area contributed by atoms with Crippen molar-refractivity contribution in [2.75, 3.05) is 64.5 Å².